The number of benzene rings is 1. The lowest BCUT2D eigenvalue weighted by molar-refractivity contribution is 0.266. The molecule has 166 valence electrons. The Hall–Kier alpha value is -2.15. The van der Waals surface area contributed by atoms with E-state index in [9.17, 15) is 10.2 Å². The number of unbranched alkanes of at least 4 members (excludes halogenated alkanes) is 1. The molecule has 0 aliphatic rings. The third-order valence-corrected chi connectivity index (χ3v) is 4.98. The number of phenolic OH excluding ortho intramolecular Hbond substituents is 1. The van der Waals surface area contributed by atoms with Gasteiger partial charge in [0.05, 0.1) is 24.6 Å². The molecule has 0 saturated carbocycles. The van der Waals surface area contributed by atoms with Crippen LogP contribution in [0, 0.1) is 6.92 Å². The van der Waals surface area contributed by atoms with Gasteiger partial charge < -0.3 is 25.2 Å². The summed E-state index contributed by atoms with van der Waals surface area (Å²) in [5, 5.41) is 23.1. The summed E-state index contributed by atoms with van der Waals surface area (Å²) in [7, 11) is 4.03. The molecule has 0 amide bonds. The number of nitrogens with zero attached hydrogens (tertiary/aromatic N) is 2. The lowest BCUT2D eigenvalue weighted by Gasteiger charge is -2.22. The lowest BCUT2D eigenvalue weighted by Crippen LogP contribution is -2.18. The molecule has 0 fully saturated rings. The van der Waals surface area contributed by atoms with Crippen LogP contribution < -0.4 is 10.1 Å². The Kier molecular flexibility index (Phi) is 10.1. The van der Waals surface area contributed by atoms with Crippen molar-refractivity contribution < 1.29 is 14.9 Å². The number of aliphatic hydroxyl groups excluding tert-OH is 1. The highest BCUT2D eigenvalue weighted by atomic mass is 16.5. The first-order valence-electron chi connectivity index (χ1n) is 10.8. The van der Waals surface area contributed by atoms with Crippen molar-refractivity contribution in [3.63, 3.8) is 0 Å². The maximum Gasteiger partial charge on any atom is 0.145 e. The summed E-state index contributed by atoms with van der Waals surface area (Å²) in [6, 6.07) is 7.12. The molecular weight excluding hydrogens is 378 g/mol. The number of aromatic nitrogens is 1. The number of aromatic hydroxyl groups is 1. The molecule has 2 aromatic rings. The summed E-state index contributed by atoms with van der Waals surface area (Å²) in [6.45, 7) is 7.43. The molecule has 0 radical (unpaired) electrons. The zero-order valence-electron chi connectivity index (χ0n) is 18.9. The van der Waals surface area contributed by atoms with Crippen LogP contribution >= 0.6 is 0 Å². The van der Waals surface area contributed by atoms with Crippen LogP contribution in [0.2, 0.25) is 0 Å². The summed E-state index contributed by atoms with van der Waals surface area (Å²) in [5.74, 6) is 1.04. The summed E-state index contributed by atoms with van der Waals surface area (Å²) < 4.78 is 6.18. The SMILES string of the molecule is CCCNCCCCOc1c(C)nc(Cc2ccc(O)cc2)c(CO)c1CN(C)C. The Morgan fingerprint density at radius 1 is 1.07 bits per heavy atom. The van der Waals surface area contributed by atoms with E-state index < -0.39 is 0 Å². The third-order valence-electron chi connectivity index (χ3n) is 4.98. The van der Waals surface area contributed by atoms with Crippen molar-refractivity contribution in [1.29, 1.82) is 0 Å². The van der Waals surface area contributed by atoms with Gasteiger partial charge in [0, 0.05) is 24.1 Å². The van der Waals surface area contributed by atoms with Crippen molar-refractivity contribution in [2.45, 2.75) is 52.7 Å². The molecule has 30 heavy (non-hydrogen) atoms. The Morgan fingerprint density at radius 2 is 1.80 bits per heavy atom. The molecule has 0 aliphatic heterocycles. The molecule has 1 aromatic heterocycles. The zero-order valence-corrected chi connectivity index (χ0v) is 18.9. The second-order valence-corrected chi connectivity index (χ2v) is 7.97. The van der Waals surface area contributed by atoms with Gasteiger partial charge in [0.2, 0.25) is 0 Å². The highest BCUT2D eigenvalue weighted by Gasteiger charge is 2.19. The number of aliphatic hydroxyl groups is 1. The summed E-state index contributed by atoms with van der Waals surface area (Å²) in [4.78, 5) is 6.87. The molecule has 0 bridgehead atoms. The summed E-state index contributed by atoms with van der Waals surface area (Å²) in [5.41, 5.74) is 4.59. The van der Waals surface area contributed by atoms with Crippen molar-refractivity contribution >= 4 is 0 Å². The topological polar surface area (TPSA) is 77.8 Å². The fraction of sp³-hybridized carbons (Fsp3) is 0.542. The van der Waals surface area contributed by atoms with E-state index in [-0.39, 0.29) is 12.4 Å². The number of hydrogen-bond donors (Lipinski definition) is 3. The zero-order chi connectivity index (χ0) is 21.9. The van der Waals surface area contributed by atoms with Gasteiger partial charge in [0.25, 0.3) is 0 Å². The van der Waals surface area contributed by atoms with Gasteiger partial charge in [0.1, 0.15) is 11.5 Å². The van der Waals surface area contributed by atoms with Gasteiger partial charge in [-0.2, -0.15) is 0 Å². The molecule has 3 N–H and O–H groups in total. The van der Waals surface area contributed by atoms with Gasteiger partial charge in [0.15, 0.2) is 0 Å². The smallest absolute Gasteiger partial charge is 0.145 e. The van der Waals surface area contributed by atoms with E-state index in [1.54, 1.807) is 12.1 Å². The fourth-order valence-corrected chi connectivity index (χ4v) is 3.49. The van der Waals surface area contributed by atoms with E-state index in [0.717, 1.165) is 66.2 Å². The number of pyridine rings is 1. The first-order chi connectivity index (χ1) is 14.5. The molecule has 0 atom stereocenters. The Labute approximate surface area is 180 Å². The first-order valence-corrected chi connectivity index (χ1v) is 10.8. The normalized spacial score (nSPS) is 11.3. The monoisotopic (exact) mass is 415 g/mol. The molecule has 1 aromatic carbocycles. The Morgan fingerprint density at radius 3 is 2.43 bits per heavy atom. The fourth-order valence-electron chi connectivity index (χ4n) is 3.49. The number of ether oxygens (including phenoxy) is 1. The van der Waals surface area contributed by atoms with Crippen molar-refractivity contribution in [3.8, 4) is 11.5 Å². The molecule has 1 heterocycles. The second-order valence-electron chi connectivity index (χ2n) is 7.97. The second kappa shape index (κ2) is 12.5. The van der Waals surface area contributed by atoms with Crippen LogP contribution in [0.3, 0.4) is 0 Å². The highest BCUT2D eigenvalue weighted by molar-refractivity contribution is 5.46. The number of rotatable bonds is 13. The minimum atomic E-state index is -0.0822. The minimum Gasteiger partial charge on any atom is -0.508 e. The Balaban J connectivity index is 2.20. The van der Waals surface area contributed by atoms with Gasteiger partial charge in [-0.15, -0.1) is 0 Å². The van der Waals surface area contributed by atoms with Crippen LogP contribution in [0.4, 0.5) is 0 Å². The maximum atomic E-state index is 10.2. The van der Waals surface area contributed by atoms with Crippen LogP contribution in [-0.4, -0.2) is 53.9 Å². The van der Waals surface area contributed by atoms with Crippen molar-refractivity contribution in [3.05, 3.63) is 52.3 Å². The molecular formula is C24H37N3O3. The van der Waals surface area contributed by atoms with Gasteiger partial charge >= 0.3 is 0 Å². The van der Waals surface area contributed by atoms with E-state index in [1.165, 1.54) is 0 Å². The van der Waals surface area contributed by atoms with E-state index >= 15 is 0 Å². The van der Waals surface area contributed by atoms with Gasteiger partial charge in [-0.3, -0.25) is 4.98 Å². The van der Waals surface area contributed by atoms with E-state index in [2.05, 4.69) is 17.1 Å². The number of hydrogen-bond acceptors (Lipinski definition) is 6. The summed E-state index contributed by atoms with van der Waals surface area (Å²) in [6.07, 6.45) is 3.79. The van der Waals surface area contributed by atoms with Gasteiger partial charge in [-0.1, -0.05) is 19.1 Å². The lowest BCUT2D eigenvalue weighted by atomic mass is 9.99. The minimum absolute atomic E-state index is 0.0822. The van der Waals surface area contributed by atoms with Crippen molar-refractivity contribution in [2.75, 3.05) is 33.8 Å². The van der Waals surface area contributed by atoms with Gasteiger partial charge in [-0.25, -0.2) is 0 Å². The van der Waals surface area contributed by atoms with Crippen molar-refractivity contribution in [2.24, 2.45) is 0 Å². The number of nitrogens with one attached hydrogen (secondary N) is 1. The molecule has 0 aliphatic carbocycles. The van der Waals surface area contributed by atoms with Crippen LogP contribution in [-0.2, 0) is 19.6 Å². The first kappa shape index (κ1) is 24.1. The van der Waals surface area contributed by atoms with Crippen LogP contribution in [0.25, 0.3) is 0 Å². The molecule has 0 spiro atoms. The van der Waals surface area contributed by atoms with E-state index in [0.29, 0.717) is 19.6 Å². The number of phenols is 1. The average Bonchev–Trinajstić information content (AvgIpc) is 2.70. The summed E-state index contributed by atoms with van der Waals surface area (Å²) >= 11 is 0. The van der Waals surface area contributed by atoms with Crippen LogP contribution in [0.15, 0.2) is 24.3 Å². The van der Waals surface area contributed by atoms with E-state index in [4.69, 9.17) is 9.72 Å². The predicted octanol–water partition coefficient (Wildman–Crippen LogP) is 3.40. The van der Waals surface area contributed by atoms with Crippen molar-refractivity contribution in [1.82, 2.24) is 15.2 Å². The quantitative estimate of drug-likeness (QED) is 0.435. The molecule has 6 nitrogen and oxygen atoms in total. The largest absolute Gasteiger partial charge is 0.508 e. The Bertz CT molecular complexity index is 776. The highest BCUT2D eigenvalue weighted by Crippen LogP contribution is 2.30. The number of aryl methyl sites for hydroxylation is 1. The van der Waals surface area contributed by atoms with E-state index in [1.807, 2.05) is 33.2 Å². The molecule has 0 unspecified atom stereocenters. The third kappa shape index (κ3) is 7.27. The standard InChI is InChI=1S/C24H37N3O3/c1-5-12-25-13-6-7-14-30-24-18(2)26-23(15-19-8-10-20(29)11-9-19)22(17-28)21(24)16-27(3)4/h8-11,25,28-29H,5-7,12-17H2,1-4H3. The van der Waals surface area contributed by atoms with Crippen LogP contribution in [0.5, 0.6) is 11.5 Å². The maximum absolute atomic E-state index is 10.2. The molecule has 6 heteroatoms. The molecule has 0 saturated heterocycles. The van der Waals surface area contributed by atoms with Crippen LogP contribution in [0.1, 0.15) is 54.3 Å². The molecule has 2 rings (SSSR count). The van der Waals surface area contributed by atoms with Gasteiger partial charge in [-0.05, 0) is 71.1 Å². The average molecular weight is 416 g/mol. The predicted molar refractivity (Wildman–Crippen MR) is 121 cm³/mol.